The summed E-state index contributed by atoms with van der Waals surface area (Å²) in [4.78, 5) is 29.9. The van der Waals surface area contributed by atoms with Crippen molar-refractivity contribution in [2.24, 2.45) is 0 Å². The number of hydrogen-bond acceptors (Lipinski definition) is 3. The standard InChI is InChI=1S/C21H25N3O2/c1-15-8-6-9-16(2)18(15)23-20(26)21(11-4-3-5-12-21)24-19(25)17-10-7-13-22-14-17/h6-10,13-14H,3-5,11-12H2,1-2H3,(H,23,26)(H,24,25). The molecule has 0 saturated heterocycles. The number of aryl methyl sites for hydroxylation is 2. The van der Waals surface area contributed by atoms with Gasteiger partial charge in [-0.1, -0.05) is 37.5 Å². The summed E-state index contributed by atoms with van der Waals surface area (Å²) in [5, 5.41) is 6.09. The van der Waals surface area contributed by atoms with Crippen LogP contribution in [0.3, 0.4) is 0 Å². The zero-order valence-corrected chi connectivity index (χ0v) is 15.3. The third-order valence-electron chi connectivity index (χ3n) is 5.14. The molecule has 1 fully saturated rings. The van der Waals surface area contributed by atoms with Gasteiger partial charge in [-0.15, -0.1) is 0 Å². The molecular formula is C21H25N3O2. The monoisotopic (exact) mass is 351 g/mol. The van der Waals surface area contributed by atoms with Crippen LogP contribution < -0.4 is 10.6 Å². The summed E-state index contributed by atoms with van der Waals surface area (Å²) in [5.74, 6) is -0.386. The minimum Gasteiger partial charge on any atom is -0.338 e. The fraction of sp³-hybridized carbons (Fsp3) is 0.381. The number of pyridine rings is 1. The smallest absolute Gasteiger partial charge is 0.253 e. The van der Waals surface area contributed by atoms with Crippen LogP contribution in [0.4, 0.5) is 5.69 Å². The van der Waals surface area contributed by atoms with Crippen LogP contribution in [0.2, 0.25) is 0 Å². The van der Waals surface area contributed by atoms with Gasteiger partial charge in [0.05, 0.1) is 5.56 Å². The van der Waals surface area contributed by atoms with Gasteiger partial charge in [0.2, 0.25) is 5.91 Å². The van der Waals surface area contributed by atoms with Crippen molar-refractivity contribution in [1.29, 1.82) is 0 Å². The molecule has 0 atom stereocenters. The highest BCUT2D eigenvalue weighted by molar-refractivity contribution is 6.04. The maximum Gasteiger partial charge on any atom is 0.253 e. The molecule has 1 aromatic heterocycles. The zero-order chi connectivity index (χ0) is 18.6. The van der Waals surface area contributed by atoms with Crippen molar-refractivity contribution in [2.75, 3.05) is 5.32 Å². The molecule has 0 radical (unpaired) electrons. The first-order chi connectivity index (χ1) is 12.5. The van der Waals surface area contributed by atoms with Gasteiger partial charge in [-0.3, -0.25) is 14.6 Å². The van der Waals surface area contributed by atoms with Gasteiger partial charge < -0.3 is 10.6 Å². The van der Waals surface area contributed by atoms with Crippen molar-refractivity contribution < 1.29 is 9.59 Å². The van der Waals surface area contributed by atoms with Crippen LogP contribution in [-0.4, -0.2) is 22.3 Å². The van der Waals surface area contributed by atoms with E-state index < -0.39 is 5.54 Å². The number of benzene rings is 1. The molecule has 0 unspecified atom stereocenters. The lowest BCUT2D eigenvalue weighted by atomic mass is 9.80. The Morgan fingerprint density at radius 2 is 1.69 bits per heavy atom. The van der Waals surface area contributed by atoms with E-state index in [2.05, 4.69) is 15.6 Å². The van der Waals surface area contributed by atoms with Gasteiger partial charge in [0, 0.05) is 18.1 Å². The number of amides is 2. The summed E-state index contributed by atoms with van der Waals surface area (Å²) in [6.45, 7) is 3.95. The maximum atomic E-state index is 13.2. The number of nitrogens with one attached hydrogen (secondary N) is 2. The van der Waals surface area contributed by atoms with Crippen LogP contribution in [0.15, 0.2) is 42.7 Å². The molecule has 5 heteroatoms. The molecule has 136 valence electrons. The molecule has 1 aromatic carbocycles. The summed E-state index contributed by atoms with van der Waals surface area (Å²) >= 11 is 0. The predicted octanol–water partition coefficient (Wildman–Crippen LogP) is 3.77. The molecular weight excluding hydrogens is 326 g/mol. The molecule has 2 aromatic rings. The number of anilines is 1. The van der Waals surface area contributed by atoms with Crippen LogP contribution in [0.1, 0.15) is 53.6 Å². The Morgan fingerprint density at radius 1 is 1.00 bits per heavy atom. The second kappa shape index (κ2) is 7.68. The average Bonchev–Trinajstić information content (AvgIpc) is 2.66. The molecule has 0 bridgehead atoms. The zero-order valence-electron chi connectivity index (χ0n) is 15.3. The summed E-state index contributed by atoms with van der Waals surface area (Å²) < 4.78 is 0. The number of aromatic nitrogens is 1. The molecule has 2 N–H and O–H groups in total. The Bertz CT molecular complexity index is 776. The lowest BCUT2D eigenvalue weighted by Gasteiger charge is -2.37. The summed E-state index contributed by atoms with van der Waals surface area (Å²) in [6, 6.07) is 9.36. The Hall–Kier alpha value is -2.69. The van der Waals surface area contributed by atoms with Crippen molar-refractivity contribution in [3.05, 3.63) is 59.4 Å². The fourth-order valence-electron chi connectivity index (χ4n) is 3.60. The molecule has 1 saturated carbocycles. The van der Waals surface area contributed by atoms with E-state index in [0.29, 0.717) is 18.4 Å². The summed E-state index contributed by atoms with van der Waals surface area (Å²) in [6.07, 6.45) is 7.38. The van der Waals surface area contributed by atoms with E-state index >= 15 is 0 Å². The first-order valence-electron chi connectivity index (χ1n) is 9.12. The average molecular weight is 351 g/mol. The number of para-hydroxylation sites is 1. The van der Waals surface area contributed by atoms with Crippen molar-refractivity contribution in [2.45, 2.75) is 51.5 Å². The first-order valence-corrected chi connectivity index (χ1v) is 9.12. The second-order valence-electron chi connectivity index (χ2n) is 7.06. The highest BCUT2D eigenvalue weighted by Gasteiger charge is 2.41. The van der Waals surface area contributed by atoms with Gasteiger partial charge >= 0.3 is 0 Å². The van der Waals surface area contributed by atoms with E-state index in [-0.39, 0.29) is 11.8 Å². The SMILES string of the molecule is Cc1cccc(C)c1NC(=O)C1(NC(=O)c2cccnc2)CCCCC1. The Balaban J connectivity index is 1.85. The molecule has 2 amide bonds. The molecule has 1 aliphatic carbocycles. The van der Waals surface area contributed by atoms with Crippen LogP contribution >= 0.6 is 0 Å². The van der Waals surface area contributed by atoms with Gasteiger partial charge in [-0.2, -0.15) is 0 Å². The van der Waals surface area contributed by atoms with E-state index in [4.69, 9.17) is 0 Å². The maximum absolute atomic E-state index is 13.2. The van der Waals surface area contributed by atoms with Crippen molar-refractivity contribution in [3.63, 3.8) is 0 Å². The van der Waals surface area contributed by atoms with Gasteiger partial charge in [0.25, 0.3) is 5.91 Å². The van der Waals surface area contributed by atoms with Gasteiger partial charge in [-0.25, -0.2) is 0 Å². The van der Waals surface area contributed by atoms with Gasteiger partial charge in [-0.05, 0) is 49.9 Å². The number of carbonyl (C=O) groups is 2. The van der Waals surface area contributed by atoms with Gasteiger partial charge in [0.1, 0.15) is 5.54 Å². The van der Waals surface area contributed by atoms with Crippen LogP contribution in [0.25, 0.3) is 0 Å². The first kappa shape index (κ1) is 18.1. The predicted molar refractivity (Wildman–Crippen MR) is 102 cm³/mol. The van der Waals surface area contributed by atoms with Crippen molar-refractivity contribution in [3.8, 4) is 0 Å². The number of carbonyl (C=O) groups excluding carboxylic acids is 2. The van der Waals surface area contributed by atoms with Crippen molar-refractivity contribution >= 4 is 17.5 Å². The van der Waals surface area contributed by atoms with E-state index in [1.165, 1.54) is 6.20 Å². The lowest BCUT2D eigenvalue weighted by Crippen LogP contribution is -2.57. The van der Waals surface area contributed by atoms with Crippen LogP contribution in [0.5, 0.6) is 0 Å². The number of rotatable bonds is 4. The normalized spacial score (nSPS) is 15.9. The second-order valence-corrected chi connectivity index (χ2v) is 7.06. The Kier molecular flexibility index (Phi) is 5.35. The van der Waals surface area contributed by atoms with Crippen LogP contribution in [0, 0.1) is 13.8 Å². The molecule has 26 heavy (non-hydrogen) atoms. The molecule has 5 nitrogen and oxygen atoms in total. The Morgan fingerprint density at radius 3 is 2.31 bits per heavy atom. The molecule has 1 aliphatic rings. The molecule has 0 spiro atoms. The molecule has 3 rings (SSSR count). The van der Waals surface area contributed by atoms with Gasteiger partial charge in [0.15, 0.2) is 0 Å². The van der Waals surface area contributed by atoms with E-state index in [1.54, 1.807) is 18.3 Å². The minimum atomic E-state index is -0.875. The molecule has 1 heterocycles. The largest absolute Gasteiger partial charge is 0.338 e. The van der Waals surface area contributed by atoms with Crippen molar-refractivity contribution in [1.82, 2.24) is 10.3 Å². The van der Waals surface area contributed by atoms with E-state index in [9.17, 15) is 9.59 Å². The highest BCUT2D eigenvalue weighted by atomic mass is 16.2. The summed E-state index contributed by atoms with van der Waals surface area (Å²) in [5.41, 5.74) is 2.46. The lowest BCUT2D eigenvalue weighted by molar-refractivity contribution is -0.123. The van der Waals surface area contributed by atoms with E-state index in [1.807, 2.05) is 32.0 Å². The molecule has 0 aliphatic heterocycles. The third kappa shape index (κ3) is 3.77. The highest BCUT2D eigenvalue weighted by Crippen LogP contribution is 2.31. The van der Waals surface area contributed by atoms with E-state index in [0.717, 1.165) is 36.1 Å². The fourth-order valence-corrected chi connectivity index (χ4v) is 3.60. The number of hydrogen-bond donors (Lipinski definition) is 2. The summed E-state index contributed by atoms with van der Waals surface area (Å²) in [7, 11) is 0. The quantitative estimate of drug-likeness (QED) is 0.881. The number of nitrogens with zero attached hydrogens (tertiary/aromatic N) is 1. The minimum absolute atomic E-state index is 0.133. The topological polar surface area (TPSA) is 71.1 Å². The third-order valence-corrected chi connectivity index (χ3v) is 5.14. The van der Waals surface area contributed by atoms with Crippen LogP contribution in [-0.2, 0) is 4.79 Å². The Labute approximate surface area is 154 Å².